The molecule has 2 rings (SSSR count). The van der Waals surface area contributed by atoms with Crippen LogP contribution in [0.2, 0.25) is 0 Å². The molecule has 2 aromatic rings. The fourth-order valence-corrected chi connectivity index (χ4v) is 1.13. The number of aromatic nitrogens is 2. The molecule has 2 aromatic heterocycles. The third-order valence-corrected chi connectivity index (χ3v) is 1.75. The minimum Gasteiger partial charge on any atom is -0.397 e. The number of nitrogens with two attached hydrogens (primary N) is 1. The van der Waals surface area contributed by atoms with E-state index in [2.05, 4.69) is 9.97 Å². The van der Waals surface area contributed by atoms with Crippen molar-refractivity contribution in [3.63, 3.8) is 0 Å². The first-order valence-corrected chi connectivity index (χ1v) is 4.00. The van der Waals surface area contributed by atoms with Crippen molar-refractivity contribution in [1.29, 1.82) is 0 Å². The largest absolute Gasteiger partial charge is 0.397 e. The van der Waals surface area contributed by atoms with Gasteiger partial charge >= 0.3 is 0 Å². The van der Waals surface area contributed by atoms with Gasteiger partial charge < -0.3 is 5.73 Å². The maximum absolute atomic E-state index is 5.75. The molecule has 4 heteroatoms. The average Bonchev–Trinajstić information content (AvgIpc) is 2.20. The molecule has 0 radical (unpaired) electrons. The van der Waals surface area contributed by atoms with Crippen molar-refractivity contribution in [1.82, 2.24) is 9.97 Å². The van der Waals surface area contributed by atoms with Crippen molar-refractivity contribution >= 4 is 5.69 Å². The summed E-state index contributed by atoms with van der Waals surface area (Å²) in [5.41, 5.74) is 7.95. The van der Waals surface area contributed by atoms with Crippen molar-refractivity contribution in [3.05, 3.63) is 42.7 Å². The van der Waals surface area contributed by atoms with Gasteiger partial charge in [0.15, 0.2) is 0 Å². The number of nitrogen functional groups attached to an aromatic ring is 1. The van der Waals surface area contributed by atoms with Crippen molar-refractivity contribution in [2.75, 3.05) is 5.73 Å². The molecule has 0 fully saturated rings. The second-order valence-corrected chi connectivity index (χ2v) is 2.66. The van der Waals surface area contributed by atoms with Crippen LogP contribution < -0.4 is 5.73 Å². The molecule has 0 saturated carbocycles. The first-order chi connectivity index (χ1) is 6.38. The van der Waals surface area contributed by atoms with Gasteiger partial charge in [-0.05, 0) is 24.3 Å². The molecule has 0 aliphatic carbocycles. The van der Waals surface area contributed by atoms with Crippen LogP contribution in [0.25, 0.3) is 11.4 Å². The molecule has 2 heterocycles. The molecular formula is C10H9N3Zn. The number of hydrogen-bond donors (Lipinski definition) is 1. The van der Waals surface area contributed by atoms with E-state index in [1.807, 2.05) is 30.3 Å². The van der Waals surface area contributed by atoms with Crippen molar-refractivity contribution in [2.24, 2.45) is 0 Å². The Morgan fingerprint density at radius 1 is 0.929 bits per heavy atom. The molecule has 0 aromatic carbocycles. The fraction of sp³-hybridized carbons (Fsp3) is 0. The van der Waals surface area contributed by atoms with Crippen LogP contribution in [0, 0.1) is 0 Å². The standard InChI is InChI=1S/C10H9N3.Zn/c11-8-4-3-7-13-10(8)9-5-1-2-6-12-9;/h1-7H,11H2;. The van der Waals surface area contributed by atoms with Gasteiger partial charge in [0, 0.05) is 31.9 Å². The normalized spacial score (nSPS) is 9.14. The fourth-order valence-electron chi connectivity index (χ4n) is 1.13. The van der Waals surface area contributed by atoms with E-state index in [4.69, 9.17) is 5.73 Å². The third kappa shape index (κ3) is 2.15. The maximum atomic E-state index is 5.75. The zero-order valence-electron chi connectivity index (χ0n) is 7.72. The minimum absolute atomic E-state index is 0. The van der Waals surface area contributed by atoms with E-state index < -0.39 is 0 Å². The van der Waals surface area contributed by atoms with Crippen LogP contribution in [0.3, 0.4) is 0 Å². The molecule has 0 unspecified atom stereocenters. The van der Waals surface area contributed by atoms with Crippen LogP contribution in [0.15, 0.2) is 42.7 Å². The Hall–Kier alpha value is -1.28. The van der Waals surface area contributed by atoms with Crippen molar-refractivity contribution in [3.8, 4) is 11.4 Å². The van der Waals surface area contributed by atoms with Gasteiger partial charge in [-0.15, -0.1) is 0 Å². The van der Waals surface area contributed by atoms with E-state index >= 15 is 0 Å². The van der Waals surface area contributed by atoms with Crippen LogP contribution in [0.4, 0.5) is 5.69 Å². The van der Waals surface area contributed by atoms with Gasteiger partial charge in [-0.3, -0.25) is 9.97 Å². The first-order valence-electron chi connectivity index (χ1n) is 4.00. The molecule has 0 saturated heterocycles. The summed E-state index contributed by atoms with van der Waals surface area (Å²) in [4.78, 5) is 8.33. The zero-order valence-corrected chi connectivity index (χ0v) is 10.7. The SMILES string of the molecule is Nc1cccnc1-c1ccccn1.[Zn]. The van der Waals surface area contributed by atoms with Gasteiger partial charge in [0.2, 0.25) is 0 Å². The molecule has 14 heavy (non-hydrogen) atoms. The Bertz CT molecular complexity index is 403. The Balaban J connectivity index is 0.000000980. The Morgan fingerprint density at radius 2 is 1.71 bits per heavy atom. The molecule has 3 nitrogen and oxygen atoms in total. The molecule has 0 aliphatic rings. The smallest absolute Gasteiger partial charge is 0.111 e. The van der Waals surface area contributed by atoms with E-state index in [9.17, 15) is 0 Å². The number of rotatable bonds is 1. The molecule has 0 atom stereocenters. The summed E-state index contributed by atoms with van der Waals surface area (Å²) in [7, 11) is 0. The number of pyridine rings is 2. The van der Waals surface area contributed by atoms with Crippen molar-refractivity contribution < 1.29 is 19.5 Å². The predicted molar refractivity (Wildman–Crippen MR) is 51.9 cm³/mol. The first kappa shape index (κ1) is 10.8. The monoisotopic (exact) mass is 235 g/mol. The predicted octanol–water partition coefficient (Wildman–Crippen LogP) is 1.72. The van der Waals surface area contributed by atoms with E-state index in [-0.39, 0.29) is 19.5 Å². The average molecular weight is 237 g/mol. The van der Waals surface area contributed by atoms with Gasteiger partial charge in [0.25, 0.3) is 0 Å². The molecule has 0 bridgehead atoms. The number of anilines is 1. The zero-order chi connectivity index (χ0) is 9.10. The van der Waals surface area contributed by atoms with E-state index in [1.54, 1.807) is 12.4 Å². The van der Waals surface area contributed by atoms with Gasteiger partial charge in [-0.2, -0.15) is 0 Å². The summed E-state index contributed by atoms with van der Waals surface area (Å²) in [6.45, 7) is 0. The maximum Gasteiger partial charge on any atom is 0.111 e. The summed E-state index contributed by atoms with van der Waals surface area (Å²) < 4.78 is 0. The van der Waals surface area contributed by atoms with Crippen LogP contribution in [-0.4, -0.2) is 9.97 Å². The van der Waals surface area contributed by atoms with Crippen LogP contribution in [-0.2, 0) is 19.5 Å². The summed E-state index contributed by atoms with van der Waals surface area (Å²) >= 11 is 0. The Kier molecular flexibility index (Phi) is 3.72. The van der Waals surface area contributed by atoms with Gasteiger partial charge in [-0.1, -0.05) is 6.07 Å². The Labute approximate surface area is 95.2 Å². The van der Waals surface area contributed by atoms with Crippen molar-refractivity contribution in [2.45, 2.75) is 0 Å². The summed E-state index contributed by atoms with van der Waals surface area (Å²) in [5, 5.41) is 0. The van der Waals surface area contributed by atoms with Gasteiger partial charge in [0.05, 0.1) is 11.4 Å². The van der Waals surface area contributed by atoms with E-state index in [1.165, 1.54) is 0 Å². The van der Waals surface area contributed by atoms with Crippen LogP contribution in [0.1, 0.15) is 0 Å². The molecule has 2 N–H and O–H groups in total. The molecular weight excluding hydrogens is 228 g/mol. The molecule has 0 aliphatic heterocycles. The molecule has 0 amide bonds. The second kappa shape index (κ2) is 4.82. The van der Waals surface area contributed by atoms with Crippen LogP contribution >= 0.6 is 0 Å². The quantitative estimate of drug-likeness (QED) is 0.767. The molecule has 66 valence electrons. The number of nitrogens with zero attached hydrogens (tertiary/aromatic N) is 2. The van der Waals surface area contributed by atoms with E-state index in [0.29, 0.717) is 5.69 Å². The van der Waals surface area contributed by atoms with Gasteiger partial charge in [-0.25, -0.2) is 0 Å². The van der Waals surface area contributed by atoms with Crippen LogP contribution in [0.5, 0.6) is 0 Å². The van der Waals surface area contributed by atoms with E-state index in [0.717, 1.165) is 11.4 Å². The summed E-state index contributed by atoms with van der Waals surface area (Å²) in [5.74, 6) is 0. The third-order valence-electron chi connectivity index (χ3n) is 1.75. The topological polar surface area (TPSA) is 51.8 Å². The second-order valence-electron chi connectivity index (χ2n) is 2.66. The summed E-state index contributed by atoms with van der Waals surface area (Å²) in [6.07, 6.45) is 3.43. The molecule has 0 spiro atoms. The minimum atomic E-state index is 0. The number of hydrogen-bond acceptors (Lipinski definition) is 3. The van der Waals surface area contributed by atoms with Gasteiger partial charge in [0.1, 0.15) is 5.69 Å². The summed E-state index contributed by atoms with van der Waals surface area (Å²) in [6, 6.07) is 9.29. The Morgan fingerprint density at radius 3 is 2.36 bits per heavy atom.